The van der Waals surface area contributed by atoms with Crippen LogP contribution in [0.4, 0.5) is 11.4 Å². The van der Waals surface area contributed by atoms with Crippen molar-refractivity contribution in [2.75, 3.05) is 10.6 Å². The molecule has 23 heavy (non-hydrogen) atoms. The van der Waals surface area contributed by atoms with Crippen LogP contribution in [0.25, 0.3) is 0 Å². The lowest BCUT2D eigenvalue weighted by molar-refractivity contribution is -0.119. The average molecular weight is 314 g/mol. The van der Waals surface area contributed by atoms with Crippen molar-refractivity contribution < 1.29 is 9.59 Å². The Hall–Kier alpha value is -2.63. The molecule has 0 saturated heterocycles. The molecule has 0 aliphatic heterocycles. The third kappa shape index (κ3) is 4.18. The van der Waals surface area contributed by atoms with Crippen LogP contribution in [0, 0.1) is 6.92 Å². The Morgan fingerprint density at radius 1 is 1.26 bits per heavy atom. The van der Waals surface area contributed by atoms with E-state index in [1.54, 1.807) is 42.2 Å². The number of aromatic nitrogens is 2. The van der Waals surface area contributed by atoms with Gasteiger partial charge in [0, 0.05) is 30.2 Å². The molecule has 1 atom stereocenters. The maximum atomic E-state index is 12.5. The van der Waals surface area contributed by atoms with E-state index in [0.29, 0.717) is 12.8 Å². The second-order valence-corrected chi connectivity index (χ2v) is 5.33. The fraction of sp³-hybridized carbons (Fsp3) is 0.353. The minimum absolute atomic E-state index is 0.0362. The number of aryl methyl sites for hydroxylation is 1. The van der Waals surface area contributed by atoms with Gasteiger partial charge in [-0.15, -0.1) is 0 Å². The summed E-state index contributed by atoms with van der Waals surface area (Å²) in [5, 5.41) is 9.87. The van der Waals surface area contributed by atoms with Crippen LogP contribution in [0.1, 0.15) is 38.3 Å². The van der Waals surface area contributed by atoms with Gasteiger partial charge in [-0.25, -0.2) is 0 Å². The number of amides is 2. The fourth-order valence-corrected chi connectivity index (χ4v) is 2.30. The van der Waals surface area contributed by atoms with Crippen molar-refractivity contribution in [3.05, 3.63) is 42.2 Å². The first-order chi connectivity index (χ1) is 11.0. The molecule has 2 aromatic rings. The molecule has 0 aliphatic rings. The zero-order valence-corrected chi connectivity index (χ0v) is 13.7. The van der Waals surface area contributed by atoms with Crippen LogP contribution in [0.15, 0.2) is 36.7 Å². The second-order valence-electron chi connectivity index (χ2n) is 5.33. The molecule has 6 nitrogen and oxygen atoms in total. The lowest BCUT2D eigenvalue weighted by Gasteiger charge is -2.17. The Morgan fingerprint density at radius 2 is 2.04 bits per heavy atom. The Kier molecular flexibility index (Phi) is 5.51. The predicted molar refractivity (Wildman–Crippen MR) is 90.3 cm³/mol. The molecule has 6 heteroatoms. The summed E-state index contributed by atoms with van der Waals surface area (Å²) < 4.78 is 1.65. The smallest absolute Gasteiger partial charge is 0.249 e. The van der Waals surface area contributed by atoms with Gasteiger partial charge < -0.3 is 10.6 Å². The number of anilines is 2. The van der Waals surface area contributed by atoms with Crippen LogP contribution in [0.3, 0.4) is 0 Å². The normalized spacial score (nSPS) is 11.8. The lowest BCUT2D eigenvalue weighted by Crippen LogP contribution is -2.26. The Labute approximate surface area is 135 Å². The van der Waals surface area contributed by atoms with Crippen molar-refractivity contribution in [1.82, 2.24) is 9.78 Å². The Balaban J connectivity index is 2.10. The topological polar surface area (TPSA) is 76.0 Å². The van der Waals surface area contributed by atoms with Crippen LogP contribution < -0.4 is 10.6 Å². The van der Waals surface area contributed by atoms with Gasteiger partial charge in [-0.3, -0.25) is 14.3 Å². The first kappa shape index (κ1) is 16.7. The van der Waals surface area contributed by atoms with E-state index in [4.69, 9.17) is 0 Å². The van der Waals surface area contributed by atoms with Crippen molar-refractivity contribution in [2.24, 2.45) is 0 Å². The minimum Gasteiger partial charge on any atom is -0.326 e. The summed E-state index contributed by atoms with van der Waals surface area (Å²) in [7, 11) is 0. The van der Waals surface area contributed by atoms with Gasteiger partial charge >= 0.3 is 0 Å². The molecule has 0 bridgehead atoms. The molecule has 0 radical (unpaired) electrons. The van der Waals surface area contributed by atoms with Crippen molar-refractivity contribution >= 4 is 23.2 Å². The third-order valence-electron chi connectivity index (χ3n) is 3.62. The molecule has 1 aromatic carbocycles. The van der Waals surface area contributed by atoms with Crippen LogP contribution >= 0.6 is 0 Å². The monoisotopic (exact) mass is 314 g/mol. The van der Waals surface area contributed by atoms with E-state index in [1.807, 2.05) is 19.9 Å². The molecule has 0 spiro atoms. The molecule has 2 amide bonds. The van der Waals surface area contributed by atoms with Gasteiger partial charge in [0.05, 0.1) is 0 Å². The Bertz CT molecular complexity index is 680. The number of nitrogens with zero attached hydrogens (tertiary/aromatic N) is 2. The zero-order chi connectivity index (χ0) is 16.8. The molecular weight excluding hydrogens is 292 g/mol. The highest BCUT2D eigenvalue weighted by molar-refractivity contribution is 5.95. The second kappa shape index (κ2) is 7.58. The highest BCUT2D eigenvalue weighted by Crippen LogP contribution is 2.22. The van der Waals surface area contributed by atoms with Crippen LogP contribution in [0.2, 0.25) is 0 Å². The molecule has 0 saturated carbocycles. The summed E-state index contributed by atoms with van der Waals surface area (Å²) in [5.74, 6) is -0.143. The van der Waals surface area contributed by atoms with Crippen LogP contribution in [-0.2, 0) is 9.59 Å². The summed E-state index contributed by atoms with van der Waals surface area (Å²) in [6.07, 6.45) is 4.52. The van der Waals surface area contributed by atoms with E-state index in [-0.39, 0.29) is 17.9 Å². The maximum absolute atomic E-state index is 12.5. The molecule has 1 aromatic heterocycles. The largest absolute Gasteiger partial charge is 0.326 e. The first-order valence-corrected chi connectivity index (χ1v) is 7.75. The number of carbonyl (C=O) groups is 2. The summed E-state index contributed by atoms with van der Waals surface area (Å²) >= 11 is 0. The van der Waals surface area contributed by atoms with E-state index < -0.39 is 0 Å². The molecule has 0 fully saturated rings. The highest BCUT2D eigenvalue weighted by atomic mass is 16.2. The molecular formula is C17H22N4O2. The molecule has 2 rings (SSSR count). The molecule has 1 unspecified atom stereocenters. The van der Waals surface area contributed by atoms with Gasteiger partial charge in [0.2, 0.25) is 11.8 Å². The molecule has 1 heterocycles. The lowest BCUT2D eigenvalue weighted by atomic mass is 10.1. The summed E-state index contributed by atoms with van der Waals surface area (Å²) in [4.78, 5) is 23.9. The summed E-state index contributed by atoms with van der Waals surface area (Å²) in [5.41, 5.74) is 2.35. The number of nitrogens with one attached hydrogen (secondary N) is 2. The van der Waals surface area contributed by atoms with E-state index in [1.165, 1.54) is 0 Å². The number of carbonyl (C=O) groups excluding carboxylic acids is 2. The predicted octanol–water partition coefficient (Wildman–Crippen LogP) is 3.13. The standard InChI is InChI=1S/C17H22N4O2/c1-4-15(21-10-6-9-18-21)17(23)20-14-8-7-13(11-12(14)3)19-16(22)5-2/h6-11,15H,4-5H2,1-3H3,(H,19,22)(H,20,23). The van der Waals surface area contributed by atoms with E-state index >= 15 is 0 Å². The van der Waals surface area contributed by atoms with Crippen molar-refractivity contribution in [3.63, 3.8) is 0 Å². The quantitative estimate of drug-likeness (QED) is 0.860. The number of hydrogen-bond acceptors (Lipinski definition) is 3. The highest BCUT2D eigenvalue weighted by Gasteiger charge is 2.19. The summed E-state index contributed by atoms with van der Waals surface area (Å²) in [6, 6.07) is 6.88. The van der Waals surface area contributed by atoms with Crippen LogP contribution in [0.5, 0.6) is 0 Å². The van der Waals surface area contributed by atoms with Gasteiger partial charge in [0.15, 0.2) is 0 Å². The molecule has 0 aliphatic carbocycles. The van der Waals surface area contributed by atoms with Gasteiger partial charge in [-0.2, -0.15) is 5.10 Å². The maximum Gasteiger partial charge on any atom is 0.249 e. The number of hydrogen-bond donors (Lipinski definition) is 2. The SMILES string of the molecule is CCC(=O)Nc1ccc(NC(=O)C(CC)n2cccn2)c(C)c1. The zero-order valence-electron chi connectivity index (χ0n) is 13.7. The minimum atomic E-state index is -0.344. The van der Waals surface area contributed by atoms with E-state index in [0.717, 1.165) is 16.9 Å². The molecule has 122 valence electrons. The van der Waals surface area contributed by atoms with E-state index in [2.05, 4.69) is 15.7 Å². The van der Waals surface area contributed by atoms with Crippen LogP contribution in [-0.4, -0.2) is 21.6 Å². The number of rotatable bonds is 6. The van der Waals surface area contributed by atoms with Crippen molar-refractivity contribution in [1.29, 1.82) is 0 Å². The first-order valence-electron chi connectivity index (χ1n) is 7.75. The third-order valence-corrected chi connectivity index (χ3v) is 3.62. The number of benzene rings is 1. The van der Waals surface area contributed by atoms with Gasteiger partial charge in [-0.1, -0.05) is 13.8 Å². The van der Waals surface area contributed by atoms with E-state index in [9.17, 15) is 9.59 Å². The van der Waals surface area contributed by atoms with Crippen molar-refractivity contribution in [3.8, 4) is 0 Å². The summed E-state index contributed by atoms with van der Waals surface area (Å²) in [6.45, 7) is 5.64. The average Bonchev–Trinajstić information content (AvgIpc) is 3.04. The van der Waals surface area contributed by atoms with Crippen molar-refractivity contribution in [2.45, 2.75) is 39.7 Å². The van der Waals surface area contributed by atoms with Gasteiger partial charge in [0.25, 0.3) is 0 Å². The molecule has 2 N–H and O–H groups in total. The van der Waals surface area contributed by atoms with Gasteiger partial charge in [0.1, 0.15) is 6.04 Å². The Morgan fingerprint density at radius 3 is 2.61 bits per heavy atom. The van der Waals surface area contributed by atoms with Gasteiger partial charge in [-0.05, 0) is 43.2 Å². The fourth-order valence-electron chi connectivity index (χ4n) is 2.30.